The molecule has 0 spiro atoms. The van der Waals surface area contributed by atoms with Gasteiger partial charge in [-0.3, -0.25) is 14.4 Å². The van der Waals surface area contributed by atoms with E-state index in [1.165, 1.54) is 0 Å². The number of hydrogen-bond donors (Lipinski definition) is 4. The minimum Gasteiger partial charge on any atom is -0.307 e. The van der Waals surface area contributed by atoms with Crippen molar-refractivity contribution in [3.63, 3.8) is 0 Å². The number of fused-ring (bicyclic) bond motifs is 1. The van der Waals surface area contributed by atoms with Crippen LogP contribution in [0.4, 0.5) is 21.9 Å². The van der Waals surface area contributed by atoms with E-state index in [0.29, 0.717) is 28.2 Å². The summed E-state index contributed by atoms with van der Waals surface area (Å²) in [4.78, 5) is 25.0. The molecule has 1 atom stereocenters. The van der Waals surface area contributed by atoms with Crippen LogP contribution < -0.4 is 20.6 Å². The van der Waals surface area contributed by atoms with Gasteiger partial charge in [-0.15, -0.1) is 0 Å². The zero-order valence-corrected chi connectivity index (χ0v) is 17.4. The van der Waals surface area contributed by atoms with Crippen LogP contribution in [0.25, 0.3) is 0 Å². The van der Waals surface area contributed by atoms with Gasteiger partial charge in [-0.25, -0.2) is 4.79 Å². The zero-order valence-electron chi connectivity index (χ0n) is 16.5. The second-order valence-corrected chi connectivity index (χ2v) is 9.06. The molecule has 30 heavy (non-hydrogen) atoms. The Balaban J connectivity index is 1.47. The second-order valence-electron chi connectivity index (χ2n) is 7.17. The first kappa shape index (κ1) is 19.7. The van der Waals surface area contributed by atoms with Crippen LogP contribution in [0.2, 0.25) is 0 Å². The minimum absolute atomic E-state index is 0.137. The van der Waals surface area contributed by atoms with Crippen molar-refractivity contribution in [3.05, 3.63) is 89.0 Å². The van der Waals surface area contributed by atoms with Crippen LogP contribution >= 0.6 is 7.59 Å². The Morgan fingerprint density at radius 3 is 2.30 bits per heavy atom. The fourth-order valence-electron chi connectivity index (χ4n) is 3.30. The summed E-state index contributed by atoms with van der Waals surface area (Å²) in [6, 6.07) is 18.9. The molecule has 1 unspecified atom stereocenters. The highest BCUT2D eigenvalue weighted by atomic mass is 31.2. The molecule has 0 saturated carbocycles. The first-order valence-corrected chi connectivity index (χ1v) is 11.1. The molecule has 0 radical (unpaired) electrons. The number of carbonyl (C=O) groups is 2. The number of hydrogen-bond acceptors (Lipinski definition) is 3. The molecule has 0 aliphatic carbocycles. The first-order chi connectivity index (χ1) is 14.3. The van der Waals surface area contributed by atoms with E-state index in [-0.39, 0.29) is 5.78 Å². The molecule has 8 heteroatoms. The number of anilines is 3. The maximum Gasteiger partial charge on any atom is 0.356 e. The highest BCUT2D eigenvalue weighted by molar-refractivity contribution is 7.66. The molecule has 7 nitrogen and oxygen atoms in total. The molecule has 3 aromatic rings. The third kappa shape index (κ3) is 4.07. The summed E-state index contributed by atoms with van der Waals surface area (Å²) in [5, 5.41) is 10.8. The van der Waals surface area contributed by atoms with E-state index < -0.39 is 13.6 Å². The summed E-state index contributed by atoms with van der Waals surface area (Å²) in [5.41, 5.74) is 4.70. The van der Waals surface area contributed by atoms with Crippen LogP contribution in [0.5, 0.6) is 0 Å². The number of amides is 2. The van der Waals surface area contributed by atoms with E-state index in [4.69, 9.17) is 0 Å². The standard InChI is InChI=1S/C22H21N4O3P/c1-14-8-10-18(15(2)12-14)23-22(28)26-30(29)24-19-11-9-17(13-20(19)25-30)21(27)16-6-4-3-5-7-16/h3-13H,1-2H3,(H4,23,24,25,26,28,29). The maximum absolute atomic E-state index is 13.1. The van der Waals surface area contributed by atoms with E-state index in [9.17, 15) is 14.2 Å². The van der Waals surface area contributed by atoms with Crippen LogP contribution in [0.1, 0.15) is 27.0 Å². The number of aryl methyl sites for hydroxylation is 2. The maximum atomic E-state index is 13.1. The molecule has 0 saturated heterocycles. The number of urea groups is 1. The predicted octanol–water partition coefficient (Wildman–Crippen LogP) is 5.30. The van der Waals surface area contributed by atoms with Gasteiger partial charge in [0, 0.05) is 16.8 Å². The number of ketones is 1. The largest absolute Gasteiger partial charge is 0.356 e. The van der Waals surface area contributed by atoms with E-state index in [1.807, 2.05) is 32.0 Å². The van der Waals surface area contributed by atoms with Crippen LogP contribution in [0.15, 0.2) is 66.7 Å². The topological polar surface area (TPSA) is 99.3 Å². The van der Waals surface area contributed by atoms with Crippen LogP contribution in [0, 0.1) is 13.8 Å². The van der Waals surface area contributed by atoms with Crippen LogP contribution in [0.3, 0.4) is 0 Å². The Morgan fingerprint density at radius 2 is 1.57 bits per heavy atom. The van der Waals surface area contributed by atoms with Crippen molar-refractivity contribution < 1.29 is 14.2 Å². The summed E-state index contributed by atoms with van der Waals surface area (Å²) in [7, 11) is -3.47. The molecule has 4 rings (SSSR count). The van der Waals surface area contributed by atoms with Gasteiger partial charge in [-0.05, 0) is 43.7 Å². The first-order valence-electron chi connectivity index (χ1n) is 9.40. The third-order valence-electron chi connectivity index (χ3n) is 4.76. The lowest BCUT2D eigenvalue weighted by atomic mass is 10.0. The molecule has 0 aromatic heterocycles. The average Bonchev–Trinajstić information content (AvgIpc) is 3.04. The summed E-state index contributed by atoms with van der Waals surface area (Å²) >= 11 is 0. The molecular weight excluding hydrogens is 399 g/mol. The fraction of sp³-hybridized carbons (Fsp3) is 0.0909. The second kappa shape index (κ2) is 7.69. The molecule has 0 bridgehead atoms. The lowest BCUT2D eigenvalue weighted by Crippen LogP contribution is -2.29. The summed E-state index contributed by atoms with van der Waals surface area (Å²) < 4.78 is 13.1. The smallest absolute Gasteiger partial charge is 0.307 e. The molecule has 1 aliphatic heterocycles. The molecule has 1 aliphatic rings. The molecule has 2 amide bonds. The van der Waals surface area contributed by atoms with Crippen molar-refractivity contribution >= 4 is 36.5 Å². The van der Waals surface area contributed by atoms with Gasteiger partial charge in [-0.1, -0.05) is 48.0 Å². The van der Waals surface area contributed by atoms with E-state index in [0.717, 1.165) is 11.1 Å². The van der Waals surface area contributed by atoms with Crippen LogP contribution in [-0.2, 0) is 4.57 Å². The summed E-state index contributed by atoms with van der Waals surface area (Å²) in [6.45, 7) is 3.85. The Morgan fingerprint density at radius 1 is 0.833 bits per heavy atom. The highest BCUT2D eigenvalue weighted by Gasteiger charge is 2.33. The zero-order chi connectivity index (χ0) is 21.3. The Hall–Kier alpha value is -3.57. The predicted molar refractivity (Wildman–Crippen MR) is 119 cm³/mol. The van der Waals surface area contributed by atoms with Gasteiger partial charge in [0.05, 0.1) is 11.4 Å². The molecular formula is C22H21N4O3P. The molecule has 4 N–H and O–H groups in total. The molecule has 152 valence electrons. The van der Waals surface area contributed by atoms with Crippen molar-refractivity contribution in [1.29, 1.82) is 0 Å². The van der Waals surface area contributed by atoms with Gasteiger partial charge < -0.3 is 15.5 Å². The van der Waals surface area contributed by atoms with E-state index in [2.05, 4.69) is 20.6 Å². The SMILES string of the molecule is Cc1ccc(NC(=O)NP2(=O)Nc3ccc(C(=O)c4ccccc4)cc3N2)c(C)c1. The Kier molecular flexibility index (Phi) is 5.06. The number of benzene rings is 3. The third-order valence-corrected chi connectivity index (χ3v) is 6.39. The van der Waals surface area contributed by atoms with Gasteiger partial charge in [0.1, 0.15) is 0 Å². The quantitative estimate of drug-likeness (QED) is 0.339. The highest BCUT2D eigenvalue weighted by Crippen LogP contribution is 2.51. The Bertz CT molecular complexity index is 1190. The van der Waals surface area contributed by atoms with Gasteiger partial charge in [0.25, 0.3) is 0 Å². The van der Waals surface area contributed by atoms with Crippen molar-refractivity contribution in [3.8, 4) is 0 Å². The molecule has 1 heterocycles. The van der Waals surface area contributed by atoms with Crippen molar-refractivity contribution in [2.45, 2.75) is 13.8 Å². The lowest BCUT2D eigenvalue weighted by Gasteiger charge is -2.16. The molecule has 3 aromatic carbocycles. The average molecular weight is 420 g/mol. The van der Waals surface area contributed by atoms with Crippen LogP contribution in [-0.4, -0.2) is 11.8 Å². The summed E-state index contributed by atoms with van der Waals surface area (Å²) in [5.74, 6) is -0.137. The van der Waals surface area contributed by atoms with Gasteiger partial charge in [0.15, 0.2) is 5.78 Å². The normalized spacial score (nSPS) is 16.7. The monoisotopic (exact) mass is 420 g/mol. The minimum atomic E-state index is -3.47. The number of rotatable bonds is 4. The van der Waals surface area contributed by atoms with E-state index in [1.54, 1.807) is 48.5 Å². The van der Waals surface area contributed by atoms with Crippen molar-refractivity contribution in [2.24, 2.45) is 0 Å². The number of carbonyl (C=O) groups excluding carboxylic acids is 2. The lowest BCUT2D eigenvalue weighted by molar-refractivity contribution is 0.103. The van der Waals surface area contributed by atoms with Crippen molar-refractivity contribution in [2.75, 3.05) is 15.5 Å². The molecule has 0 fully saturated rings. The Labute approximate surface area is 174 Å². The van der Waals surface area contributed by atoms with E-state index >= 15 is 0 Å². The fourth-order valence-corrected chi connectivity index (χ4v) is 4.87. The summed E-state index contributed by atoms with van der Waals surface area (Å²) in [6.07, 6.45) is 0. The van der Waals surface area contributed by atoms with Gasteiger partial charge >= 0.3 is 13.6 Å². The number of nitrogens with one attached hydrogen (secondary N) is 4. The van der Waals surface area contributed by atoms with Gasteiger partial charge in [-0.2, -0.15) is 0 Å². The van der Waals surface area contributed by atoms with Crippen molar-refractivity contribution in [1.82, 2.24) is 5.09 Å². The van der Waals surface area contributed by atoms with Gasteiger partial charge in [0.2, 0.25) is 0 Å².